The Labute approximate surface area is 168 Å². The molecule has 11 nitrogen and oxygen atoms in total. The summed E-state index contributed by atoms with van der Waals surface area (Å²) in [5, 5.41) is 3.78. The van der Waals surface area contributed by atoms with Gasteiger partial charge in [-0.3, -0.25) is 0 Å². The van der Waals surface area contributed by atoms with Crippen LogP contribution in [0.3, 0.4) is 0 Å². The molecule has 1 rings (SSSR count). The summed E-state index contributed by atoms with van der Waals surface area (Å²) in [5.74, 6) is -1.17. The fourth-order valence-corrected chi connectivity index (χ4v) is 19.4. The normalized spacial score (nSPS) is 13.4. The van der Waals surface area contributed by atoms with Crippen LogP contribution in [-0.4, -0.2) is 85.2 Å². The zero-order chi connectivity index (χ0) is 20.9. The molecule has 158 valence electrons. The van der Waals surface area contributed by atoms with Gasteiger partial charge in [-0.25, -0.2) is 0 Å². The Hall–Kier alpha value is 0.198. The molecule has 1 heterocycles. The maximum absolute atomic E-state index is 11.0. The van der Waals surface area contributed by atoms with Crippen LogP contribution in [0.2, 0.25) is 0 Å². The second-order valence-corrected chi connectivity index (χ2v) is 21.4. The molecule has 0 saturated heterocycles. The van der Waals surface area contributed by atoms with E-state index in [0.29, 0.717) is 10.1 Å². The van der Waals surface area contributed by atoms with Gasteiger partial charge in [-0.05, 0) is 0 Å². The molecule has 0 fully saturated rings. The van der Waals surface area contributed by atoms with Gasteiger partial charge in [-0.15, -0.1) is 0 Å². The Balaban J connectivity index is 3.00. The predicted molar refractivity (Wildman–Crippen MR) is 104 cm³/mol. The first-order valence-electron chi connectivity index (χ1n) is 7.04. The molecule has 17 heteroatoms. The van der Waals surface area contributed by atoms with Crippen LogP contribution in [0.1, 0.15) is 11.5 Å². The molecule has 3 N–H and O–H groups in total. The van der Waals surface area contributed by atoms with E-state index in [4.69, 9.17) is 18.2 Å². The summed E-state index contributed by atoms with van der Waals surface area (Å²) >= 11 is -2.32. The number of aryl methyl sites for hydroxylation is 2. The average Bonchev–Trinajstić information content (AvgIpc) is 2.81. The van der Waals surface area contributed by atoms with E-state index >= 15 is 0 Å². The van der Waals surface area contributed by atoms with Crippen LogP contribution in [0.15, 0.2) is 4.52 Å². The van der Waals surface area contributed by atoms with Crippen LogP contribution in [-0.2, 0) is 36.8 Å². The maximum atomic E-state index is 11.0. The van der Waals surface area contributed by atoms with Crippen molar-refractivity contribution in [2.24, 2.45) is 0 Å². The fourth-order valence-electron chi connectivity index (χ4n) is 1.65. The Kier molecular flexibility index (Phi) is 9.62. The first-order chi connectivity index (χ1) is 12.2. The third kappa shape index (κ3) is 11.1. The topological polar surface area (TPSA) is 189 Å². The summed E-state index contributed by atoms with van der Waals surface area (Å²) in [4.78, 5) is 0. The van der Waals surface area contributed by atoms with Gasteiger partial charge in [0.25, 0.3) is 0 Å². The molecule has 27 heavy (non-hydrogen) atoms. The van der Waals surface area contributed by atoms with Gasteiger partial charge in [-0.1, -0.05) is 0 Å². The standard InChI is InChI=1S/C10H18AsNO10S5/c1-8-10(9(12-22-8)2-5-25(13,14)15)11(23-3-6-26(16,17)18)24-4-7-27(19,20)21/h2-7H2,1H3,(H,13,14,15)(H,16,17,18)(H,19,20,21). The van der Waals surface area contributed by atoms with E-state index < -0.39 is 60.0 Å². The van der Waals surface area contributed by atoms with Crippen LogP contribution in [0.4, 0.5) is 0 Å². The SMILES string of the molecule is Cc1onc(CCS(=O)(=O)O)c1[As](SCCS(=O)(=O)O)SCCS(=O)(=O)O. The molecular weight excluding hydrogens is 529 g/mol. The van der Waals surface area contributed by atoms with Gasteiger partial charge in [0.1, 0.15) is 0 Å². The minimum atomic E-state index is -4.23. The molecule has 0 atom stereocenters. The molecule has 0 aliphatic rings. The Morgan fingerprint density at radius 1 is 0.889 bits per heavy atom. The number of aromatic nitrogens is 1. The summed E-state index contributed by atoms with van der Waals surface area (Å²) in [7, 11) is -10.2. The molecule has 0 amide bonds. The van der Waals surface area contributed by atoms with Gasteiger partial charge >= 0.3 is 169 Å². The van der Waals surface area contributed by atoms with Crippen molar-refractivity contribution >= 4 is 67.1 Å². The van der Waals surface area contributed by atoms with E-state index in [1.807, 2.05) is 0 Å². The van der Waals surface area contributed by atoms with Crippen molar-refractivity contribution in [1.82, 2.24) is 5.16 Å². The summed E-state index contributed by atoms with van der Waals surface area (Å²) in [6.07, 6.45) is -0.130. The van der Waals surface area contributed by atoms with Crippen LogP contribution in [0.5, 0.6) is 0 Å². The monoisotopic (exact) mass is 547 g/mol. The van der Waals surface area contributed by atoms with Gasteiger partial charge in [-0.2, -0.15) is 0 Å². The summed E-state index contributed by atoms with van der Waals surface area (Å²) in [6.45, 7) is 1.58. The third-order valence-corrected chi connectivity index (χ3v) is 19.1. The Morgan fingerprint density at radius 3 is 1.74 bits per heavy atom. The van der Waals surface area contributed by atoms with Crippen molar-refractivity contribution in [3.8, 4) is 0 Å². The van der Waals surface area contributed by atoms with E-state index in [9.17, 15) is 25.3 Å². The summed E-state index contributed by atoms with van der Waals surface area (Å²) in [5.41, 5.74) is 0.281. The Bertz CT molecular complexity index is 901. The van der Waals surface area contributed by atoms with Crippen molar-refractivity contribution in [3.63, 3.8) is 0 Å². The molecular formula is C10H18AsNO10S5. The van der Waals surface area contributed by atoms with Gasteiger partial charge in [0.15, 0.2) is 0 Å². The second-order valence-electron chi connectivity index (χ2n) is 5.07. The van der Waals surface area contributed by atoms with Crippen LogP contribution < -0.4 is 4.35 Å². The van der Waals surface area contributed by atoms with Crippen LogP contribution >= 0.6 is 20.0 Å². The van der Waals surface area contributed by atoms with Crippen molar-refractivity contribution in [2.75, 3.05) is 28.8 Å². The second kappa shape index (κ2) is 10.3. The van der Waals surface area contributed by atoms with Gasteiger partial charge < -0.3 is 0 Å². The van der Waals surface area contributed by atoms with Crippen molar-refractivity contribution in [1.29, 1.82) is 0 Å². The van der Waals surface area contributed by atoms with E-state index in [1.54, 1.807) is 6.92 Å². The first kappa shape index (κ1) is 25.2. The Morgan fingerprint density at radius 2 is 1.33 bits per heavy atom. The summed E-state index contributed by atoms with van der Waals surface area (Å²) in [6, 6.07) is 0. The molecule has 0 bridgehead atoms. The average molecular weight is 548 g/mol. The molecule has 0 aliphatic heterocycles. The number of hydrogen-bond acceptors (Lipinski definition) is 10. The molecule has 0 unspecified atom stereocenters. The summed E-state index contributed by atoms with van der Waals surface area (Å²) < 4.78 is 97.8. The van der Waals surface area contributed by atoms with Gasteiger partial charge in [0.05, 0.1) is 0 Å². The van der Waals surface area contributed by atoms with Gasteiger partial charge in [0, 0.05) is 0 Å². The zero-order valence-electron chi connectivity index (χ0n) is 13.9. The van der Waals surface area contributed by atoms with Crippen LogP contribution in [0.25, 0.3) is 0 Å². The third-order valence-electron chi connectivity index (χ3n) is 2.78. The molecule has 0 aromatic carbocycles. The molecule has 1 aromatic heterocycles. The van der Waals surface area contributed by atoms with E-state index in [-0.39, 0.29) is 23.6 Å². The first-order valence-corrected chi connectivity index (χ1v) is 19.3. The molecule has 1 aromatic rings. The molecule has 0 saturated carbocycles. The van der Waals surface area contributed by atoms with E-state index in [0.717, 1.165) is 0 Å². The fraction of sp³-hybridized carbons (Fsp3) is 0.700. The zero-order valence-corrected chi connectivity index (χ0v) is 19.8. The number of hydrogen-bond donors (Lipinski definition) is 3. The minimum absolute atomic E-state index is 0.0278. The van der Waals surface area contributed by atoms with E-state index in [1.165, 1.54) is 20.0 Å². The number of rotatable bonds is 12. The quantitative estimate of drug-likeness (QED) is 0.221. The molecule has 0 radical (unpaired) electrons. The van der Waals surface area contributed by atoms with Crippen LogP contribution in [0, 0.1) is 6.92 Å². The predicted octanol–water partition coefficient (Wildman–Crippen LogP) is -0.649. The molecule has 0 spiro atoms. The molecule has 0 aliphatic carbocycles. The van der Waals surface area contributed by atoms with E-state index in [2.05, 4.69) is 5.16 Å². The van der Waals surface area contributed by atoms with Crippen molar-refractivity contribution < 1.29 is 43.4 Å². The van der Waals surface area contributed by atoms with Crippen molar-refractivity contribution in [3.05, 3.63) is 11.5 Å². The van der Waals surface area contributed by atoms with Crippen molar-refractivity contribution in [2.45, 2.75) is 13.3 Å². The van der Waals surface area contributed by atoms with Gasteiger partial charge in [0.2, 0.25) is 0 Å². The number of nitrogens with zero attached hydrogens (tertiary/aromatic N) is 1.